The Morgan fingerprint density at radius 3 is 2.68 bits per heavy atom. The maximum Gasteiger partial charge on any atom is 0.224 e. The summed E-state index contributed by atoms with van der Waals surface area (Å²) in [6, 6.07) is 7.50. The lowest BCUT2D eigenvalue weighted by molar-refractivity contribution is -0.120. The molecule has 0 saturated carbocycles. The van der Waals surface area contributed by atoms with E-state index in [9.17, 15) is 4.79 Å². The van der Waals surface area contributed by atoms with Crippen LogP contribution in [-0.2, 0) is 17.8 Å². The van der Waals surface area contributed by atoms with Crippen molar-refractivity contribution in [2.45, 2.75) is 19.9 Å². The number of benzene rings is 1. The second kappa shape index (κ2) is 6.33. The largest absolute Gasteiger partial charge is 0.497 e. The Balaban J connectivity index is 1.83. The van der Waals surface area contributed by atoms with Crippen LogP contribution in [0.5, 0.6) is 5.75 Å². The van der Waals surface area contributed by atoms with Crippen LogP contribution in [0.4, 0.5) is 0 Å². The van der Waals surface area contributed by atoms with Crippen molar-refractivity contribution in [1.82, 2.24) is 10.3 Å². The molecule has 4 nitrogen and oxygen atoms in total. The normalized spacial score (nSPS) is 10.2. The van der Waals surface area contributed by atoms with Gasteiger partial charge in [0.1, 0.15) is 5.75 Å². The standard InChI is InChI=1S/C14H16N2O2S/c1-10-16-12(9-19-10)8-15-14(17)7-11-3-5-13(18-2)6-4-11/h3-6,9H,7-8H2,1-2H3,(H,15,17). The van der Waals surface area contributed by atoms with Gasteiger partial charge in [0.05, 0.1) is 30.8 Å². The van der Waals surface area contributed by atoms with E-state index in [1.54, 1.807) is 18.4 Å². The summed E-state index contributed by atoms with van der Waals surface area (Å²) in [7, 11) is 1.62. The van der Waals surface area contributed by atoms with Crippen molar-refractivity contribution in [3.05, 3.63) is 45.9 Å². The molecule has 1 amide bonds. The first-order valence-electron chi connectivity index (χ1n) is 5.98. The third kappa shape index (κ3) is 4.06. The molecule has 1 aromatic carbocycles. The van der Waals surface area contributed by atoms with E-state index in [-0.39, 0.29) is 5.91 Å². The zero-order valence-electron chi connectivity index (χ0n) is 11.0. The summed E-state index contributed by atoms with van der Waals surface area (Å²) in [5, 5.41) is 5.84. The smallest absolute Gasteiger partial charge is 0.224 e. The quantitative estimate of drug-likeness (QED) is 0.911. The Hall–Kier alpha value is -1.88. The van der Waals surface area contributed by atoms with Crippen molar-refractivity contribution < 1.29 is 9.53 Å². The molecule has 1 aromatic heterocycles. The average molecular weight is 276 g/mol. The molecule has 19 heavy (non-hydrogen) atoms. The summed E-state index contributed by atoms with van der Waals surface area (Å²) >= 11 is 1.59. The molecule has 0 saturated heterocycles. The summed E-state index contributed by atoms with van der Waals surface area (Å²) < 4.78 is 5.07. The minimum Gasteiger partial charge on any atom is -0.497 e. The van der Waals surface area contributed by atoms with Gasteiger partial charge >= 0.3 is 0 Å². The van der Waals surface area contributed by atoms with Crippen molar-refractivity contribution in [2.75, 3.05) is 7.11 Å². The van der Waals surface area contributed by atoms with E-state index < -0.39 is 0 Å². The van der Waals surface area contributed by atoms with Crippen LogP contribution in [-0.4, -0.2) is 18.0 Å². The molecule has 1 N–H and O–H groups in total. The Morgan fingerprint density at radius 2 is 2.11 bits per heavy atom. The van der Waals surface area contributed by atoms with E-state index in [1.807, 2.05) is 36.6 Å². The van der Waals surface area contributed by atoms with Gasteiger partial charge in [-0.25, -0.2) is 4.98 Å². The molecule has 0 atom stereocenters. The predicted octanol–water partition coefficient (Wildman–Crippen LogP) is 2.32. The van der Waals surface area contributed by atoms with Gasteiger partial charge in [-0.05, 0) is 24.6 Å². The number of thiazole rings is 1. The van der Waals surface area contributed by atoms with Gasteiger partial charge < -0.3 is 10.1 Å². The van der Waals surface area contributed by atoms with Crippen LogP contribution in [0.25, 0.3) is 0 Å². The van der Waals surface area contributed by atoms with Gasteiger partial charge in [-0.2, -0.15) is 0 Å². The van der Waals surface area contributed by atoms with Crippen LogP contribution < -0.4 is 10.1 Å². The first-order chi connectivity index (χ1) is 9.17. The van der Waals surface area contributed by atoms with Crippen LogP contribution >= 0.6 is 11.3 Å². The van der Waals surface area contributed by atoms with Gasteiger partial charge in [0, 0.05) is 5.38 Å². The molecule has 0 bridgehead atoms. The minimum atomic E-state index is -0.00387. The third-order valence-corrected chi connectivity index (χ3v) is 3.48. The first-order valence-corrected chi connectivity index (χ1v) is 6.86. The van der Waals surface area contributed by atoms with E-state index in [0.717, 1.165) is 22.0 Å². The zero-order valence-corrected chi connectivity index (χ0v) is 11.8. The fourth-order valence-corrected chi connectivity index (χ4v) is 2.28. The number of aromatic nitrogens is 1. The maximum absolute atomic E-state index is 11.8. The number of hydrogen-bond acceptors (Lipinski definition) is 4. The summed E-state index contributed by atoms with van der Waals surface area (Å²) in [6.45, 7) is 2.44. The maximum atomic E-state index is 11.8. The second-order valence-corrected chi connectivity index (χ2v) is 5.22. The van der Waals surface area contributed by atoms with Crippen LogP contribution in [0.15, 0.2) is 29.6 Å². The number of rotatable bonds is 5. The second-order valence-electron chi connectivity index (χ2n) is 4.16. The molecule has 0 radical (unpaired) electrons. The number of amides is 1. The topological polar surface area (TPSA) is 51.2 Å². The molecular weight excluding hydrogens is 260 g/mol. The Bertz CT molecular complexity index is 549. The summed E-state index contributed by atoms with van der Waals surface area (Å²) in [5.41, 5.74) is 1.87. The number of carbonyl (C=O) groups excluding carboxylic acids is 1. The van der Waals surface area contributed by atoms with Gasteiger partial charge in [0.25, 0.3) is 0 Å². The highest BCUT2D eigenvalue weighted by Crippen LogP contribution is 2.12. The molecule has 0 aliphatic carbocycles. The number of hydrogen-bond donors (Lipinski definition) is 1. The molecule has 0 aliphatic heterocycles. The van der Waals surface area contributed by atoms with E-state index in [1.165, 1.54) is 0 Å². The number of methoxy groups -OCH3 is 1. The van der Waals surface area contributed by atoms with Gasteiger partial charge in [-0.1, -0.05) is 12.1 Å². The summed E-state index contributed by atoms with van der Waals surface area (Å²) in [6.07, 6.45) is 0.368. The highest BCUT2D eigenvalue weighted by atomic mass is 32.1. The van der Waals surface area contributed by atoms with Crippen molar-refractivity contribution in [3.63, 3.8) is 0 Å². The summed E-state index contributed by atoms with van der Waals surface area (Å²) in [5.74, 6) is 0.790. The predicted molar refractivity (Wildman–Crippen MR) is 75.4 cm³/mol. The Kier molecular flexibility index (Phi) is 4.52. The van der Waals surface area contributed by atoms with Gasteiger partial charge in [-0.15, -0.1) is 11.3 Å². The molecule has 0 spiro atoms. The third-order valence-electron chi connectivity index (χ3n) is 2.66. The fourth-order valence-electron chi connectivity index (χ4n) is 1.67. The van der Waals surface area contributed by atoms with Crippen molar-refractivity contribution in [3.8, 4) is 5.75 Å². The average Bonchev–Trinajstić information content (AvgIpc) is 2.83. The molecule has 0 unspecified atom stereocenters. The lowest BCUT2D eigenvalue weighted by Gasteiger charge is -2.04. The number of ether oxygens (including phenoxy) is 1. The van der Waals surface area contributed by atoms with E-state index in [2.05, 4.69) is 10.3 Å². The van der Waals surface area contributed by atoms with Crippen LogP contribution in [0.2, 0.25) is 0 Å². The minimum absolute atomic E-state index is 0.00387. The highest BCUT2D eigenvalue weighted by molar-refractivity contribution is 7.09. The van der Waals surface area contributed by atoms with E-state index in [0.29, 0.717) is 13.0 Å². The number of nitrogens with zero attached hydrogens (tertiary/aromatic N) is 1. The van der Waals surface area contributed by atoms with E-state index >= 15 is 0 Å². The highest BCUT2D eigenvalue weighted by Gasteiger charge is 2.05. The first kappa shape index (κ1) is 13.5. The molecule has 2 aromatic rings. The Morgan fingerprint density at radius 1 is 1.37 bits per heavy atom. The lowest BCUT2D eigenvalue weighted by atomic mass is 10.1. The van der Waals surface area contributed by atoms with Crippen molar-refractivity contribution in [2.24, 2.45) is 0 Å². The molecule has 0 aliphatic rings. The molecule has 2 rings (SSSR count). The van der Waals surface area contributed by atoms with Crippen molar-refractivity contribution >= 4 is 17.2 Å². The van der Waals surface area contributed by atoms with Crippen LogP contribution in [0, 0.1) is 6.92 Å². The summed E-state index contributed by atoms with van der Waals surface area (Å²) in [4.78, 5) is 16.1. The Labute approximate surface area is 116 Å². The van der Waals surface area contributed by atoms with E-state index in [4.69, 9.17) is 4.74 Å². The monoisotopic (exact) mass is 276 g/mol. The van der Waals surface area contributed by atoms with Crippen molar-refractivity contribution in [1.29, 1.82) is 0 Å². The zero-order chi connectivity index (χ0) is 13.7. The van der Waals surface area contributed by atoms with Gasteiger partial charge in [-0.3, -0.25) is 4.79 Å². The number of carbonyl (C=O) groups is 1. The van der Waals surface area contributed by atoms with Crippen LogP contribution in [0.1, 0.15) is 16.3 Å². The van der Waals surface area contributed by atoms with Crippen LogP contribution in [0.3, 0.4) is 0 Å². The van der Waals surface area contributed by atoms with Gasteiger partial charge in [0.2, 0.25) is 5.91 Å². The molecule has 100 valence electrons. The number of nitrogens with one attached hydrogen (secondary N) is 1. The lowest BCUT2D eigenvalue weighted by Crippen LogP contribution is -2.24. The van der Waals surface area contributed by atoms with Gasteiger partial charge in [0.15, 0.2) is 0 Å². The SMILES string of the molecule is COc1ccc(CC(=O)NCc2csc(C)n2)cc1. The number of aryl methyl sites for hydroxylation is 1. The molecule has 1 heterocycles. The fraction of sp³-hybridized carbons (Fsp3) is 0.286. The molecule has 5 heteroatoms. The molecule has 0 fully saturated rings. The molecular formula is C14H16N2O2S.